The molecule has 50 valence electrons. The normalized spacial score (nSPS) is 9.56. The summed E-state index contributed by atoms with van der Waals surface area (Å²) in [6.45, 7) is 7.25. The van der Waals surface area contributed by atoms with Crippen molar-refractivity contribution in [2.75, 3.05) is 0 Å². The number of ether oxygens (including phenoxy) is 1. The molecule has 1 nitrogen and oxygen atoms in total. The molecule has 0 aromatic carbocycles. The molecule has 0 bridgehead atoms. The second-order valence-electron chi connectivity index (χ2n) is 1.76. The molecule has 0 rings (SSSR count). The average Bonchev–Trinajstić information content (AvgIpc) is 1.63. The van der Waals surface area contributed by atoms with Crippen molar-refractivity contribution in [3.05, 3.63) is 24.5 Å². The molecule has 0 saturated carbocycles. The molecule has 0 atom stereocenters. The van der Waals surface area contributed by atoms with Crippen molar-refractivity contribution in [2.24, 2.45) is 0 Å². The van der Waals surface area contributed by atoms with Crippen molar-refractivity contribution in [3.8, 4) is 0 Å². The van der Waals surface area contributed by atoms with Crippen molar-refractivity contribution in [3.63, 3.8) is 0 Å². The van der Waals surface area contributed by atoms with E-state index >= 15 is 0 Å². The van der Waals surface area contributed by atoms with E-state index in [9.17, 15) is 0 Å². The highest BCUT2D eigenvalue weighted by Crippen LogP contribution is 1.90. The van der Waals surface area contributed by atoms with Gasteiger partial charge in [0.05, 0.1) is 6.26 Å². The second-order valence-corrected chi connectivity index (χ2v) is 2.33. The Labute approximate surface area is 61.0 Å². The van der Waals surface area contributed by atoms with Gasteiger partial charge in [-0.25, -0.2) is 0 Å². The summed E-state index contributed by atoms with van der Waals surface area (Å²) in [6, 6.07) is 0. The SMILES string of the molecule is C=C(C)C=COC(C)=S. The van der Waals surface area contributed by atoms with Gasteiger partial charge in [-0.3, -0.25) is 0 Å². The van der Waals surface area contributed by atoms with Crippen molar-refractivity contribution in [2.45, 2.75) is 13.8 Å². The molecule has 0 aliphatic rings. The standard InChI is InChI=1S/C7H10OS/c1-6(2)4-5-8-7(3)9/h4-5H,1H2,2-3H3. The number of rotatable bonds is 2. The van der Waals surface area contributed by atoms with Crippen molar-refractivity contribution in [1.29, 1.82) is 0 Å². The number of hydrogen-bond donors (Lipinski definition) is 0. The minimum atomic E-state index is 0.521. The highest BCUT2D eigenvalue weighted by molar-refractivity contribution is 7.80. The highest BCUT2D eigenvalue weighted by Gasteiger charge is 1.78. The lowest BCUT2D eigenvalue weighted by atomic mass is 10.3. The van der Waals surface area contributed by atoms with Crippen LogP contribution in [0.2, 0.25) is 0 Å². The Bertz CT molecular complexity index is 147. The molecular formula is C7H10OS. The van der Waals surface area contributed by atoms with Crippen LogP contribution in [0.25, 0.3) is 0 Å². The molecular weight excluding hydrogens is 132 g/mol. The Hall–Kier alpha value is -0.630. The fourth-order valence-electron chi connectivity index (χ4n) is 0.246. The molecule has 0 heterocycles. The summed E-state index contributed by atoms with van der Waals surface area (Å²) in [5.41, 5.74) is 0.950. The molecule has 0 aromatic heterocycles. The fraction of sp³-hybridized carbons (Fsp3) is 0.286. The van der Waals surface area contributed by atoms with Gasteiger partial charge in [0, 0.05) is 6.92 Å². The van der Waals surface area contributed by atoms with Gasteiger partial charge in [-0.15, -0.1) is 0 Å². The largest absolute Gasteiger partial charge is 0.458 e. The van der Waals surface area contributed by atoms with Crippen LogP contribution in [0, 0.1) is 0 Å². The van der Waals surface area contributed by atoms with Gasteiger partial charge in [0.25, 0.3) is 0 Å². The number of allylic oxidation sites excluding steroid dienone is 2. The summed E-state index contributed by atoms with van der Waals surface area (Å²) < 4.78 is 4.84. The Morgan fingerprint density at radius 2 is 2.11 bits per heavy atom. The monoisotopic (exact) mass is 142 g/mol. The van der Waals surface area contributed by atoms with Crippen molar-refractivity contribution < 1.29 is 4.74 Å². The minimum Gasteiger partial charge on any atom is -0.458 e. The van der Waals surface area contributed by atoms with Gasteiger partial charge >= 0.3 is 0 Å². The third kappa shape index (κ3) is 7.37. The zero-order valence-electron chi connectivity index (χ0n) is 5.68. The quantitative estimate of drug-likeness (QED) is 0.333. The molecule has 0 aromatic rings. The summed E-state index contributed by atoms with van der Waals surface area (Å²) >= 11 is 4.64. The summed E-state index contributed by atoms with van der Waals surface area (Å²) in [7, 11) is 0. The molecule has 0 N–H and O–H groups in total. The van der Waals surface area contributed by atoms with Crippen LogP contribution in [0.1, 0.15) is 13.8 Å². The molecule has 0 unspecified atom stereocenters. The predicted octanol–water partition coefficient (Wildman–Crippen LogP) is 2.44. The first-order valence-electron chi connectivity index (χ1n) is 2.62. The molecule has 0 fully saturated rings. The lowest BCUT2D eigenvalue weighted by molar-refractivity contribution is 0.481. The van der Waals surface area contributed by atoms with Crippen LogP contribution in [0.4, 0.5) is 0 Å². The van der Waals surface area contributed by atoms with Gasteiger partial charge in [0.1, 0.15) is 0 Å². The van der Waals surface area contributed by atoms with E-state index in [0.29, 0.717) is 5.05 Å². The van der Waals surface area contributed by atoms with Crippen LogP contribution < -0.4 is 0 Å². The van der Waals surface area contributed by atoms with Gasteiger partial charge in [-0.1, -0.05) is 12.2 Å². The van der Waals surface area contributed by atoms with Gasteiger partial charge < -0.3 is 4.74 Å². The summed E-state index contributed by atoms with van der Waals surface area (Å²) in [5, 5.41) is 0.521. The first-order valence-corrected chi connectivity index (χ1v) is 3.03. The average molecular weight is 142 g/mol. The van der Waals surface area contributed by atoms with E-state index in [2.05, 4.69) is 18.8 Å². The van der Waals surface area contributed by atoms with Gasteiger partial charge in [0.2, 0.25) is 0 Å². The van der Waals surface area contributed by atoms with Crippen LogP contribution in [0.3, 0.4) is 0 Å². The Balaban J connectivity index is 3.48. The molecule has 2 heteroatoms. The zero-order valence-corrected chi connectivity index (χ0v) is 6.49. The number of hydrogen-bond acceptors (Lipinski definition) is 2. The fourth-order valence-corrected chi connectivity index (χ4v) is 0.302. The third-order valence-corrected chi connectivity index (χ3v) is 0.683. The van der Waals surface area contributed by atoms with Crippen molar-refractivity contribution in [1.82, 2.24) is 0 Å². The van der Waals surface area contributed by atoms with E-state index in [1.165, 1.54) is 6.26 Å². The van der Waals surface area contributed by atoms with E-state index in [1.807, 2.05) is 6.92 Å². The lowest BCUT2D eigenvalue weighted by Gasteiger charge is -1.91. The topological polar surface area (TPSA) is 9.23 Å². The molecule has 0 aliphatic heterocycles. The maximum Gasteiger partial charge on any atom is 0.163 e. The van der Waals surface area contributed by atoms with E-state index < -0.39 is 0 Å². The smallest absolute Gasteiger partial charge is 0.163 e. The summed E-state index contributed by atoms with van der Waals surface area (Å²) in [4.78, 5) is 0. The molecule has 9 heavy (non-hydrogen) atoms. The zero-order chi connectivity index (χ0) is 7.28. The van der Waals surface area contributed by atoms with Crippen molar-refractivity contribution >= 4 is 17.3 Å². The maximum absolute atomic E-state index is 4.84. The Kier molecular flexibility index (Phi) is 3.97. The lowest BCUT2D eigenvalue weighted by Crippen LogP contribution is -1.85. The van der Waals surface area contributed by atoms with Crippen LogP contribution in [0.5, 0.6) is 0 Å². The highest BCUT2D eigenvalue weighted by atomic mass is 32.1. The summed E-state index contributed by atoms with van der Waals surface area (Å²) in [6.07, 6.45) is 3.29. The molecule has 0 radical (unpaired) electrons. The Morgan fingerprint density at radius 1 is 1.56 bits per heavy atom. The third-order valence-electron chi connectivity index (χ3n) is 0.587. The van der Waals surface area contributed by atoms with E-state index in [4.69, 9.17) is 4.74 Å². The summed E-state index contributed by atoms with van der Waals surface area (Å²) in [5.74, 6) is 0. The minimum absolute atomic E-state index is 0.521. The van der Waals surface area contributed by atoms with Gasteiger partial charge in [-0.2, -0.15) is 0 Å². The van der Waals surface area contributed by atoms with Crippen LogP contribution in [-0.4, -0.2) is 5.05 Å². The molecule has 0 amide bonds. The van der Waals surface area contributed by atoms with Crippen LogP contribution in [-0.2, 0) is 4.74 Å². The predicted molar refractivity (Wildman–Crippen MR) is 43.3 cm³/mol. The van der Waals surface area contributed by atoms with E-state index in [0.717, 1.165) is 5.57 Å². The second kappa shape index (κ2) is 4.27. The molecule has 0 saturated heterocycles. The van der Waals surface area contributed by atoms with Gasteiger partial charge in [0.15, 0.2) is 5.05 Å². The van der Waals surface area contributed by atoms with Crippen LogP contribution >= 0.6 is 12.2 Å². The van der Waals surface area contributed by atoms with Crippen LogP contribution in [0.15, 0.2) is 24.5 Å². The Morgan fingerprint density at radius 3 is 2.44 bits per heavy atom. The first kappa shape index (κ1) is 8.37. The maximum atomic E-state index is 4.84. The molecule has 0 aliphatic carbocycles. The first-order chi connectivity index (χ1) is 4.13. The molecule has 0 spiro atoms. The van der Waals surface area contributed by atoms with E-state index in [-0.39, 0.29) is 0 Å². The van der Waals surface area contributed by atoms with Gasteiger partial charge in [-0.05, 0) is 25.2 Å². The van der Waals surface area contributed by atoms with E-state index in [1.54, 1.807) is 13.0 Å². The number of thiocarbonyl (C=S) groups is 1.